The third-order valence-electron chi connectivity index (χ3n) is 10.6. The second-order valence-electron chi connectivity index (χ2n) is 14.0. The molecule has 5 aromatic rings. The minimum Gasteiger partial charge on any atom is -0.311 e. The number of rotatable bonds is 5. The van der Waals surface area contributed by atoms with E-state index in [-0.39, 0.29) is 6.71 Å². The standard InChI is InChI=1S/C42H43BN2/c1-28(2)31-20-22-38-36(24-31)43-37-25-32(29(3)4)21-23-39(37)45(35-18-12-7-13-19-35)41-27-33(30-14-8-5-9-15-30)26-40(42(41)43)44(38)34-16-10-6-11-17-34/h6-7,10-13,16-30H,5,8-9,14-15H2,1-4H3. The molecule has 0 aromatic heterocycles. The molecule has 0 atom stereocenters. The maximum atomic E-state index is 2.58. The SMILES string of the molecule is CC(C)c1ccc2c(c1)B1c3cc(C(C)C)ccc3N(c3ccccc3)c3cc(C4CCCCC4)cc(c31)N2c1ccccc1. The van der Waals surface area contributed by atoms with Gasteiger partial charge in [0.1, 0.15) is 0 Å². The minimum atomic E-state index is 0.165. The van der Waals surface area contributed by atoms with Gasteiger partial charge in [0.2, 0.25) is 0 Å². The van der Waals surface area contributed by atoms with Crippen LogP contribution >= 0.6 is 0 Å². The third-order valence-corrected chi connectivity index (χ3v) is 10.6. The van der Waals surface area contributed by atoms with Crippen LogP contribution in [0.4, 0.5) is 34.1 Å². The zero-order chi connectivity index (χ0) is 30.7. The van der Waals surface area contributed by atoms with Crippen LogP contribution in [0.15, 0.2) is 109 Å². The van der Waals surface area contributed by atoms with E-state index in [1.807, 2.05) is 0 Å². The van der Waals surface area contributed by atoms with Crippen LogP contribution in [0, 0.1) is 0 Å². The molecule has 5 aromatic carbocycles. The van der Waals surface area contributed by atoms with Crippen molar-refractivity contribution in [3.63, 3.8) is 0 Å². The molecule has 2 nitrogen and oxygen atoms in total. The van der Waals surface area contributed by atoms with Crippen molar-refractivity contribution in [2.24, 2.45) is 0 Å². The molecular weight excluding hydrogens is 543 g/mol. The fourth-order valence-corrected chi connectivity index (χ4v) is 8.16. The summed E-state index contributed by atoms with van der Waals surface area (Å²) in [6.45, 7) is 9.44. The van der Waals surface area contributed by atoms with Crippen LogP contribution in [-0.2, 0) is 0 Å². The van der Waals surface area contributed by atoms with Gasteiger partial charge in [-0.3, -0.25) is 0 Å². The number of hydrogen-bond donors (Lipinski definition) is 0. The van der Waals surface area contributed by atoms with Gasteiger partial charge in [0.05, 0.1) is 0 Å². The molecule has 1 aliphatic carbocycles. The van der Waals surface area contributed by atoms with Gasteiger partial charge in [-0.25, -0.2) is 0 Å². The lowest BCUT2D eigenvalue weighted by molar-refractivity contribution is 0.444. The molecule has 0 radical (unpaired) electrons. The summed E-state index contributed by atoms with van der Waals surface area (Å²) in [5.41, 5.74) is 16.3. The summed E-state index contributed by atoms with van der Waals surface area (Å²) < 4.78 is 0. The van der Waals surface area contributed by atoms with Gasteiger partial charge < -0.3 is 9.80 Å². The summed E-state index contributed by atoms with van der Waals surface area (Å²) in [6, 6.07) is 41.8. The van der Waals surface area contributed by atoms with Crippen molar-refractivity contribution in [1.82, 2.24) is 0 Å². The predicted molar refractivity (Wildman–Crippen MR) is 194 cm³/mol. The molecule has 1 saturated carbocycles. The molecule has 0 saturated heterocycles. The van der Waals surface area contributed by atoms with Crippen molar-refractivity contribution in [3.05, 3.63) is 126 Å². The van der Waals surface area contributed by atoms with E-state index >= 15 is 0 Å². The summed E-state index contributed by atoms with van der Waals surface area (Å²) in [7, 11) is 0. The highest BCUT2D eigenvalue weighted by molar-refractivity contribution is 7.00. The Bertz CT molecular complexity index is 1730. The van der Waals surface area contributed by atoms with Gasteiger partial charge in [0.15, 0.2) is 0 Å². The largest absolute Gasteiger partial charge is 0.311 e. The first kappa shape index (κ1) is 28.3. The van der Waals surface area contributed by atoms with Crippen molar-refractivity contribution < 1.29 is 0 Å². The molecule has 2 heterocycles. The second-order valence-corrected chi connectivity index (χ2v) is 14.0. The Morgan fingerprint density at radius 1 is 0.533 bits per heavy atom. The van der Waals surface area contributed by atoms with Gasteiger partial charge in [-0.2, -0.15) is 0 Å². The Kier molecular flexibility index (Phi) is 7.09. The summed E-state index contributed by atoms with van der Waals surface area (Å²) >= 11 is 0. The van der Waals surface area contributed by atoms with Crippen LogP contribution in [0.5, 0.6) is 0 Å². The first-order valence-electron chi connectivity index (χ1n) is 17.2. The predicted octanol–water partition coefficient (Wildman–Crippen LogP) is 10.1. The molecule has 45 heavy (non-hydrogen) atoms. The van der Waals surface area contributed by atoms with E-state index in [9.17, 15) is 0 Å². The topological polar surface area (TPSA) is 6.48 Å². The molecule has 0 bridgehead atoms. The number of hydrogen-bond acceptors (Lipinski definition) is 2. The van der Waals surface area contributed by atoms with E-state index in [0.29, 0.717) is 17.8 Å². The van der Waals surface area contributed by atoms with E-state index in [1.54, 1.807) is 0 Å². The summed E-state index contributed by atoms with van der Waals surface area (Å²) in [5.74, 6) is 1.52. The second kappa shape index (κ2) is 11.3. The zero-order valence-electron chi connectivity index (χ0n) is 27.1. The molecule has 1 fully saturated rings. The van der Waals surface area contributed by atoms with Crippen molar-refractivity contribution in [3.8, 4) is 0 Å². The lowest BCUT2D eigenvalue weighted by Crippen LogP contribution is -2.61. The van der Waals surface area contributed by atoms with Crippen LogP contribution in [0.25, 0.3) is 0 Å². The van der Waals surface area contributed by atoms with E-state index in [0.717, 1.165) is 0 Å². The Hall–Kier alpha value is -4.24. The van der Waals surface area contributed by atoms with Crippen LogP contribution in [0.1, 0.15) is 94.2 Å². The first-order valence-corrected chi connectivity index (χ1v) is 17.2. The van der Waals surface area contributed by atoms with E-state index < -0.39 is 0 Å². The molecule has 0 spiro atoms. The van der Waals surface area contributed by atoms with Gasteiger partial charge >= 0.3 is 0 Å². The number of nitrogens with zero attached hydrogens (tertiary/aromatic N) is 2. The molecule has 3 aliphatic rings. The lowest BCUT2D eigenvalue weighted by Gasteiger charge is -2.45. The molecule has 224 valence electrons. The van der Waals surface area contributed by atoms with Crippen LogP contribution in [0.3, 0.4) is 0 Å². The highest BCUT2D eigenvalue weighted by Gasteiger charge is 2.44. The normalized spacial score (nSPS) is 15.7. The van der Waals surface area contributed by atoms with Crippen LogP contribution in [-0.4, -0.2) is 6.71 Å². The number of benzene rings is 5. The molecule has 2 aliphatic heterocycles. The fraction of sp³-hybridized carbons (Fsp3) is 0.286. The molecule has 8 rings (SSSR count). The quantitative estimate of drug-likeness (QED) is 0.185. The maximum Gasteiger partial charge on any atom is 0.252 e. The third kappa shape index (κ3) is 4.71. The highest BCUT2D eigenvalue weighted by atomic mass is 15.2. The van der Waals surface area contributed by atoms with E-state index in [2.05, 4.69) is 147 Å². The summed E-state index contributed by atoms with van der Waals surface area (Å²) in [5, 5.41) is 0. The van der Waals surface area contributed by atoms with Crippen molar-refractivity contribution in [2.45, 2.75) is 77.6 Å². The Labute approximate surface area is 269 Å². The fourth-order valence-electron chi connectivity index (χ4n) is 8.16. The number of fused-ring (bicyclic) bond motifs is 4. The van der Waals surface area contributed by atoms with Crippen molar-refractivity contribution in [1.29, 1.82) is 0 Å². The van der Waals surface area contributed by atoms with Crippen molar-refractivity contribution >= 4 is 57.2 Å². The van der Waals surface area contributed by atoms with Gasteiger partial charge in [-0.15, -0.1) is 0 Å². The average Bonchev–Trinajstić information content (AvgIpc) is 3.08. The van der Waals surface area contributed by atoms with E-state index in [1.165, 1.54) is 99.3 Å². The Morgan fingerprint density at radius 2 is 1.00 bits per heavy atom. The first-order chi connectivity index (χ1) is 22.0. The smallest absolute Gasteiger partial charge is 0.252 e. The van der Waals surface area contributed by atoms with E-state index in [4.69, 9.17) is 0 Å². The molecule has 3 heteroatoms. The van der Waals surface area contributed by atoms with Gasteiger partial charge in [0.25, 0.3) is 6.71 Å². The Balaban J connectivity index is 1.49. The summed E-state index contributed by atoms with van der Waals surface area (Å²) in [6.07, 6.45) is 6.57. The maximum absolute atomic E-state index is 2.58. The highest BCUT2D eigenvalue weighted by Crippen LogP contribution is 2.47. The van der Waals surface area contributed by atoms with Gasteiger partial charge in [-0.1, -0.05) is 108 Å². The minimum absolute atomic E-state index is 0.165. The monoisotopic (exact) mass is 586 g/mol. The molecule has 0 N–H and O–H groups in total. The Morgan fingerprint density at radius 3 is 1.44 bits per heavy atom. The zero-order valence-corrected chi connectivity index (χ0v) is 27.1. The van der Waals surface area contributed by atoms with Gasteiger partial charge in [0, 0.05) is 34.1 Å². The molecule has 0 unspecified atom stereocenters. The van der Waals surface area contributed by atoms with Crippen molar-refractivity contribution in [2.75, 3.05) is 9.80 Å². The lowest BCUT2D eigenvalue weighted by atomic mass is 9.33. The van der Waals surface area contributed by atoms with Gasteiger partial charge in [-0.05, 0) is 112 Å². The molecular formula is C42H43BN2. The van der Waals surface area contributed by atoms with Crippen LogP contribution < -0.4 is 26.2 Å². The number of anilines is 6. The van der Waals surface area contributed by atoms with Crippen LogP contribution in [0.2, 0.25) is 0 Å². The molecule has 0 amide bonds. The summed E-state index contributed by atoms with van der Waals surface area (Å²) in [4.78, 5) is 5.14. The average molecular weight is 587 g/mol. The number of para-hydroxylation sites is 2.